The van der Waals surface area contributed by atoms with Crippen molar-refractivity contribution < 1.29 is 9.53 Å². The maximum atomic E-state index is 12.0. The minimum absolute atomic E-state index is 0.0478. The van der Waals surface area contributed by atoms with Crippen LogP contribution in [-0.2, 0) is 4.79 Å². The molecule has 1 aliphatic heterocycles. The second-order valence-electron chi connectivity index (χ2n) is 5.58. The summed E-state index contributed by atoms with van der Waals surface area (Å²) in [6.07, 6.45) is 3.14. The van der Waals surface area contributed by atoms with Crippen LogP contribution in [0.1, 0.15) is 31.7 Å². The Balaban J connectivity index is 1.74. The molecule has 1 N–H and O–H groups in total. The van der Waals surface area contributed by atoms with Crippen LogP contribution in [0.15, 0.2) is 24.3 Å². The van der Waals surface area contributed by atoms with Gasteiger partial charge in [-0.25, -0.2) is 0 Å². The summed E-state index contributed by atoms with van der Waals surface area (Å²) in [5.74, 6) is 0.333. The minimum Gasteiger partial charge on any atom is -0.482 e. The largest absolute Gasteiger partial charge is 0.482 e. The summed E-state index contributed by atoms with van der Waals surface area (Å²) in [4.78, 5) is 14.4. The van der Waals surface area contributed by atoms with Crippen molar-refractivity contribution in [2.45, 2.75) is 32.2 Å². The zero-order valence-corrected chi connectivity index (χ0v) is 13.0. The van der Waals surface area contributed by atoms with Gasteiger partial charge in [0.2, 0.25) is 0 Å². The molecule has 0 unspecified atom stereocenters. The lowest BCUT2D eigenvalue weighted by Gasteiger charge is -2.32. The van der Waals surface area contributed by atoms with Crippen LogP contribution in [0.5, 0.6) is 5.75 Å². The molecule has 0 atom stereocenters. The van der Waals surface area contributed by atoms with E-state index in [1.165, 1.54) is 6.42 Å². The normalized spacial score (nSPS) is 16.0. The molecule has 0 aromatic heterocycles. The van der Waals surface area contributed by atoms with Gasteiger partial charge in [0.15, 0.2) is 6.61 Å². The third-order valence-corrected chi connectivity index (χ3v) is 3.86. The number of amides is 1. The van der Waals surface area contributed by atoms with Gasteiger partial charge in [0.25, 0.3) is 5.91 Å². The molecule has 0 saturated carbocycles. The van der Waals surface area contributed by atoms with Crippen LogP contribution in [0.2, 0.25) is 0 Å². The number of benzene rings is 1. The molecular weight excluding hydrogens is 278 g/mol. The number of rotatable bonds is 6. The van der Waals surface area contributed by atoms with Crippen molar-refractivity contribution in [1.82, 2.24) is 10.2 Å². The van der Waals surface area contributed by atoms with Crippen LogP contribution in [-0.4, -0.2) is 43.1 Å². The van der Waals surface area contributed by atoms with Crippen molar-refractivity contribution in [3.8, 4) is 11.8 Å². The summed E-state index contributed by atoms with van der Waals surface area (Å²) in [5.41, 5.74) is 0.447. The van der Waals surface area contributed by atoms with E-state index in [9.17, 15) is 4.79 Å². The number of nitrogens with zero attached hydrogens (tertiary/aromatic N) is 2. The van der Waals surface area contributed by atoms with Crippen LogP contribution < -0.4 is 10.1 Å². The van der Waals surface area contributed by atoms with Crippen molar-refractivity contribution in [2.24, 2.45) is 0 Å². The second-order valence-corrected chi connectivity index (χ2v) is 5.58. The summed E-state index contributed by atoms with van der Waals surface area (Å²) in [6, 6.07) is 9.23. The van der Waals surface area contributed by atoms with E-state index in [0.717, 1.165) is 32.5 Å². The molecule has 0 radical (unpaired) electrons. The maximum Gasteiger partial charge on any atom is 0.258 e. The first kappa shape index (κ1) is 16.3. The molecule has 1 fully saturated rings. The van der Waals surface area contributed by atoms with E-state index in [0.29, 0.717) is 11.3 Å². The van der Waals surface area contributed by atoms with Crippen molar-refractivity contribution in [1.29, 1.82) is 5.26 Å². The molecular formula is C17H23N3O2. The van der Waals surface area contributed by atoms with Gasteiger partial charge < -0.3 is 15.0 Å². The molecule has 1 aliphatic rings. The molecule has 1 heterocycles. The van der Waals surface area contributed by atoms with Gasteiger partial charge in [-0.15, -0.1) is 0 Å². The summed E-state index contributed by atoms with van der Waals surface area (Å²) in [5, 5.41) is 12.0. The van der Waals surface area contributed by atoms with Crippen molar-refractivity contribution in [3.63, 3.8) is 0 Å². The van der Waals surface area contributed by atoms with E-state index in [4.69, 9.17) is 10.00 Å². The monoisotopic (exact) mass is 301 g/mol. The van der Waals surface area contributed by atoms with Gasteiger partial charge in [0, 0.05) is 19.1 Å². The Labute approximate surface area is 131 Å². The van der Waals surface area contributed by atoms with E-state index < -0.39 is 0 Å². The lowest BCUT2D eigenvalue weighted by molar-refractivity contribution is -0.124. The quantitative estimate of drug-likeness (QED) is 0.872. The predicted molar refractivity (Wildman–Crippen MR) is 84.5 cm³/mol. The Morgan fingerprint density at radius 3 is 2.82 bits per heavy atom. The van der Waals surface area contributed by atoms with Crippen LogP contribution in [0, 0.1) is 11.3 Å². The molecule has 22 heavy (non-hydrogen) atoms. The molecule has 1 saturated heterocycles. The number of nitrogens with one attached hydrogen (secondary N) is 1. The lowest BCUT2D eigenvalue weighted by atomic mass is 10.0. The van der Waals surface area contributed by atoms with Crippen LogP contribution in [0.25, 0.3) is 0 Å². The molecule has 5 heteroatoms. The fraction of sp³-hybridized carbons (Fsp3) is 0.529. The Morgan fingerprint density at radius 2 is 2.14 bits per heavy atom. The average molecular weight is 301 g/mol. The SMILES string of the molecule is CCCN1CCC(NC(=O)COc2ccccc2C#N)CC1. The number of carbonyl (C=O) groups excluding carboxylic acids is 1. The van der Waals surface area contributed by atoms with Gasteiger partial charge in [-0.1, -0.05) is 19.1 Å². The Hall–Kier alpha value is -2.06. The lowest BCUT2D eigenvalue weighted by Crippen LogP contribution is -2.46. The molecule has 1 amide bonds. The maximum absolute atomic E-state index is 12.0. The minimum atomic E-state index is -0.123. The number of ether oxygens (including phenoxy) is 1. The molecule has 1 aromatic carbocycles. The fourth-order valence-electron chi connectivity index (χ4n) is 2.71. The Morgan fingerprint density at radius 1 is 1.41 bits per heavy atom. The van der Waals surface area contributed by atoms with E-state index >= 15 is 0 Å². The molecule has 118 valence electrons. The zero-order valence-electron chi connectivity index (χ0n) is 13.0. The number of nitriles is 1. The third-order valence-electron chi connectivity index (χ3n) is 3.86. The summed E-state index contributed by atoms with van der Waals surface area (Å²) >= 11 is 0. The third kappa shape index (κ3) is 4.74. The summed E-state index contributed by atoms with van der Waals surface area (Å²) < 4.78 is 5.45. The highest BCUT2D eigenvalue weighted by molar-refractivity contribution is 5.77. The number of piperidine rings is 1. The van der Waals surface area contributed by atoms with Crippen LogP contribution in [0.3, 0.4) is 0 Å². The predicted octanol–water partition coefficient (Wildman–Crippen LogP) is 1.93. The molecule has 0 bridgehead atoms. The Bertz CT molecular complexity index is 531. The first-order chi connectivity index (χ1) is 10.7. The smallest absolute Gasteiger partial charge is 0.258 e. The van der Waals surface area contributed by atoms with Gasteiger partial charge in [-0.05, 0) is 37.9 Å². The summed E-state index contributed by atoms with van der Waals surface area (Å²) in [6.45, 7) is 5.35. The van der Waals surface area contributed by atoms with Gasteiger partial charge in [0.05, 0.1) is 5.56 Å². The summed E-state index contributed by atoms with van der Waals surface area (Å²) in [7, 11) is 0. The standard InChI is InChI=1S/C17H23N3O2/c1-2-9-20-10-7-15(8-11-20)19-17(21)13-22-16-6-4-3-5-14(16)12-18/h3-6,15H,2,7-11,13H2,1H3,(H,19,21). The first-order valence-electron chi connectivity index (χ1n) is 7.86. The molecule has 2 rings (SSSR count). The topological polar surface area (TPSA) is 65.4 Å². The molecule has 0 spiro atoms. The Kier molecular flexibility index (Phi) is 6.23. The van der Waals surface area contributed by atoms with Crippen LogP contribution in [0.4, 0.5) is 0 Å². The van der Waals surface area contributed by atoms with Crippen molar-refractivity contribution >= 4 is 5.91 Å². The van der Waals surface area contributed by atoms with E-state index in [1.807, 2.05) is 0 Å². The highest BCUT2D eigenvalue weighted by Gasteiger charge is 2.20. The number of carbonyl (C=O) groups is 1. The van der Waals surface area contributed by atoms with E-state index in [2.05, 4.69) is 23.2 Å². The number of para-hydroxylation sites is 1. The second kappa shape index (κ2) is 8.40. The van der Waals surface area contributed by atoms with Crippen molar-refractivity contribution in [3.05, 3.63) is 29.8 Å². The van der Waals surface area contributed by atoms with Gasteiger partial charge in [-0.3, -0.25) is 4.79 Å². The average Bonchev–Trinajstić information content (AvgIpc) is 2.55. The van der Waals surface area contributed by atoms with E-state index in [1.54, 1.807) is 24.3 Å². The highest BCUT2D eigenvalue weighted by atomic mass is 16.5. The van der Waals surface area contributed by atoms with Gasteiger partial charge in [0.1, 0.15) is 11.8 Å². The van der Waals surface area contributed by atoms with Gasteiger partial charge in [-0.2, -0.15) is 5.26 Å². The molecule has 0 aliphatic carbocycles. The number of hydrogen-bond donors (Lipinski definition) is 1. The number of likely N-dealkylation sites (tertiary alicyclic amines) is 1. The van der Waals surface area contributed by atoms with Gasteiger partial charge >= 0.3 is 0 Å². The molecule has 5 nitrogen and oxygen atoms in total. The zero-order chi connectivity index (χ0) is 15.8. The number of hydrogen-bond acceptors (Lipinski definition) is 4. The highest BCUT2D eigenvalue weighted by Crippen LogP contribution is 2.16. The van der Waals surface area contributed by atoms with Crippen LogP contribution >= 0.6 is 0 Å². The fourth-order valence-corrected chi connectivity index (χ4v) is 2.71. The van der Waals surface area contributed by atoms with E-state index in [-0.39, 0.29) is 18.6 Å². The first-order valence-corrected chi connectivity index (χ1v) is 7.86. The van der Waals surface area contributed by atoms with Crippen molar-refractivity contribution in [2.75, 3.05) is 26.2 Å². The molecule has 1 aromatic rings.